The molecule has 0 unspecified atom stereocenters. The number of rotatable bonds is 5. The van der Waals surface area contributed by atoms with Crippen molar-refractivity contribution in [3.05, 3.63) is 84.4 Å². The van der Waals surface area contributed by atoms with Crippen molar-refractivity contribution >= 4 is 5.78 Å². The van der Waals surface area contributed by atoms with Gasteiger partial charge in [0.25, 0.3) is 0 Å². The monoisotopic (exact) mass is 304 g/mol. The predicted molar refractivity (Wildman–Crippen MR) is 89.5 cm³/mol. The number of Topliss-reactive ketones (excluding diaryl/α,β-unsaturated/α-hetero) is 1. The van der Waals surface area contributed by atoms with Crippen LogP contribution in [0.25, 0.3) is 0 Å². The third-order valence-corrected chi connectivity index (χ3v) is 3.30. The Balaban J connectivity index is 1.66. The van der Waals surface area contributed by atoms with E-state index in [0.717, 1.165) is 11.5 Å². The summed E-state index contributed by atoms with van der Waals surface area (Å²) in [5.41, 5.74) is 0.670. The number of hydrogen-bond acceptors (Lipinski definition) is 3. The van der Waals surface area contributed by atoms with Crippen molar-refractivity contribution in [2.24, 2.45) is 0 Å². The zero-order valence-corrected chi connectivity index (χ0v) is 12.7. The number of hydrogen-bond donors (Lipinski definition) is 0. The summed E-state index contributed by atoms with van der Waals surface area (Å²) in [6, 6.07) is 24.1. The van der Waals surface area contributed by atoms with Crippen LogP contribution >= 0.6 is 0 Å². The molecule has 3 rings (SSSR count). The van der Waals surface area contributed by atoms with Crippen LogP contribution in [0.1, 0.15) is 17.3 Å². The third-order valence-electron chi connectivity index (χ3n) is 3.30. The summed E-state index contributed by atoms with van der Waals surface area (Å²) in [5.74, 6) is 2.98. The fraction of sp³-hybridized carbons (Fsp3) is 0.0500. The normalized spacial score (nSPS) is 10.1. The Labute approximate surface area is 135 Å². The van der Waals surface area contributed by atoms with Crippen LogP contribution in [0.3, 0.4) is 0 Å². The van der Waals surface area contributed by atoms with Gasteiger partial charge in [0.05, 0.1) is 0 Å². The van der Waals surface area contributed by atoms with Crippen LogP contribution in [-0.4, -0.2) is 5.78 Å². The highest BCUT2D eigenvalue weighted by Gasteiger charge is 2.02. The molecule has 0 heterocycles. The lowest BCUT2D eigenvalue weighted by molar-refractivity contribution is 0.101. The van der Waals surface area contributed by atoms with Crippen molar-refractivity contribution in [2.75, 3.05) is 0 Å². The zero-order valence-electron chi connectivity index (χ0n) is 12.7. The van der Waals surface area contributed by atoms with Crippen LogP contribution in [0.2, 0.25) is 0 Å². The standard InChI is InChI=1S/C20H16O3/c1-15(21)16-7-9-18(10-8-16)23-20-13-11-19(12-14-20)22-17-5-3-2-4-6-17/h2-14H,1H3. The maximum absolute atomic E-state index is 11.2. The summed E-state index contributed by atoms with van der Waals surface area (Å²) < 4.78 is 11.5. The average molecular weight is 304 g/mol. The van der Waals surface area contributed by atoms with Gasteiger partial charge in [-0.3, -0.25) is 4.79 Å². The lowest BCUT2D eigenvalue weighted by Crippen LogP contribution is -1.91. The Morgan fingerprint density at radius 2 is 1.00 bits per heavy atom. The molecule has 3 aromatic rings. The minimum atomic E-state index is 0.0407. The zero-order chi connectivity index (χ0) is 16.1. The minimum Gasteiger partial charge on any atom is -0.457 e. The highest BCUT2D eigenvalue weighted by Crippen LogP contribution is 2.26. The van der Waals surface area contributed by atoms with Crippen LogP contribution in [0.5, 0.6) is 23.0 Å². The number of benzene rings is 3. The Bertz CT molecular complexity index is 775. The van der Waals surface area contributed by atoms with Gasteiger partial charge in [0, 0.05) is 5.56 Å². The molecule has 3 nitrogen and oxygen atoms in total. The van der Waals surface area contributed by atoms with Crippen molar-refractivity contribution in [3.63, 3.8) is 0 Å². The van der Waals surface area contributed by atoms with Gasteiger partial charge in [0.15, 0.2) is 5.78 Å². The number of carbonyl (C=O) groups is 1. The molecule has 114 valence electrons. The van der Waals surface area contributed by atoms with E-state index in [1.807, 2.05) is 54.6 Å². The fourth-order valence-electron chi connectivity index (χ4n) is 2.09. The number of ether oxygens (including phenoxy) is 2. The molecule has 0 saturated carbocycles. The fourth-order valence-corrected chi connectivity index (χ4v) is 2.09. The molecule has 0 atom stereocenters. The number of carbonyl (C=O) groups excluding carboxylic acids is 1. The van der Waals surface area contributed by atoms with E-state index < -0.39 is 0 Å². The topological polar surface area (TPSA) is 35.5 Å². The molecule has 0 N–H and O–H groups in total. The van der Waals surface area contributed by atoms with Crippen molar-refractivity contribution in [1.82, 2.24) is 0 Å². The van der Waals surface area contributed by atoms with Crippen LogP contribution in [0.4, 0.5) is 0 Å². The van der Waals surface area contributed by atoms with Gasteiger partial charge in [-0.25, -0.2) is 0 Å². The van der Waals surface area contributed by atoms with Crippen LogP contribution in [0.15, 0.2) is 78.9 Å². The van der Waals surface area contributed by atoms with Gasteiger partial charge in [-0.2, -0.15) is 0 Å². The molecule has 3 aromatic carbocycles. The number of para-hydroxylation sites is 1. The third kappa shape index (κ3) is 3.98. The Kier molecular flexibility index (Phi) is 4.39. The molecular weight excluding hydrogens is 288 g/mol. The van der Waals surface area contributed by atoms with Gasteiger partial charge in [0.2, 0.25) is 0 Å². The molecular formula is C20H16O3. The van der Waals surface area contributed by atoms with Crippen LogP contribution in [-0.2, 0) is 0 Å². The quantitative estimate of drug-likeness (QED) is 0.586. The second-order valence-corrected chi connectivity index (χ2v) is 5.07. The molecule has 0 aliphatic heterocycles. The Morgan fingerprint density at radius 1 is 0.609 bits per heavy atom. The van der Waals surface area contributed by atoms with Gasteiger partial charge >= 0.3 is 0 Å². The van der Waals surface area contributed by atoms with Crippen molar-refractivity contribution < 1.29 is 14.3 Å². The summed E-state index contributed by atoms with van der Waals surface area (Å²) in [6.45, 7) is 1.54. The summed E-state index contributed by atoms with van der Waals surface area (Å²) in [5, 5.41) is 0. The average Bonchev–Trinajstić information content (AvgIpc) is 2.58. The van der Waals surface area contributed by atoms with Crippen LogP contribution in [0, 0.1) is 0 Å². The van der Waals surface area contributed by atoms with E-state index in [2.05, 4.69) is 0 Å². The molecule has 23 heavy (non-hydrogen) atoms. The summed E-state index contributed by atoms with van der Waals surface area (Å²) in [7, 11) is 0. The molecule has 0 fully saturated rings. The molecule has 3 heteroatoms. The highest BCUT2D eigenvalue weighted by atomic mass is 16.5. The smallest absolute Gasteiger partial charge is 0.159 e. The van der Waals surface area contributed by atoms with E-state index in [0.29, 0.717) is 17.1 Å². The van der Waals surface area contributed by atoms with E-state index in [9.17, 15) is 4.79 Å². The molecule has 0 aliphatic rings. The molecule has 0 aromatic heterocycles. The maximum atomic E-state index is 11.2. The van der Waals surface area contributed by atoms with Gasteiger partial charge in [-0.15, -0.1) is 0 Å². The summed E-state index contributed by atoms with van der Waals surface area (Å²) in [6.07, 6.45) is 0. The van der Waals surface area contributed by atoms with E-state index in [4.69, 9.17) is 9.47 Å². The Hall–Kier alpha value is -3.07. The molecule has 0 saturated heterocycles. The van der Waals surface area contributed by atoms with Crippen LogP contribution < -0.4 is 9.47 Å². The van der Waals surface area contributed by atoms with Gasteiger partial charge < -0.3 is 9.47 Å². The van der Waals surface area contributed by atoms with Gasteiger partial charge in [-0.05, 0) is 67.6 Å². The molecule has 0 aliphatic carbocycles. The van der Waals surface area contributed by atoms with Crippen molar-refractivity contribution in [1.29, 1.82) is 0 Å². The second kappa shape index (κ2) is 6.79. The largest absolute Gasteiger partial charge is 0.457 e. The van der Waals surface area contributed by atoms with Crippen molar-refractivity contribution in [2.45, 2.75) is 6.92 Å². The molecule has 0 radical (unpaired) electrons. The lowest BCUT2D eigenvalue weighted by Gasteiger charge is -2.08. The second-order valence-electron chi connectivity index (χ2n) is 5.07. The SMILES string of the molecule is CC(=O)c1ccc(Oc2ccc(Oc3ccccc3)cc2)cc1. The van der Waals surface area contributed by atoms with E-state index >= 15 is 0 Å². The van der Waals surface area contributed by atoms with Gasteiger partial charge in [0.1, 0.15) is 23.0 Å². The van der Waals surface area contributed by atoms with E-state index in [1.54, 1.807) is 31.2 Å². The summed E-state index contributed by atoms with van der Waals surface area (Å²) in [4.78, 5) is 11.2. The molecule has 0 bridgehead atoms. The van der Waals surface area contributed by atoms with E-state index in [-0.39, 0.29) is 5.78 Å². The minimum absolute atomic E-state index is 0.0407. The first-order valence-electron chi connectivity index (χ1n) is 7.32. The summed E-state index contributed by atoms with van der Waals surface area (Å²) >= 11 is 0. The first-order valence-corrected chi connectivity index (χ1v) is 7.32. The first kappa shape index (κ1) is 14.9. The van der Waals surface area contributed by atoms with Crippen molar-refractivity contribution in [3.8, 4) is 23.0 Å². The Morgan fingerprint density at radius 3 is 1.43 bits per heavy atom. The maximum Gasteiger partial charge on any atom is 0.159 e. The lowest BCUT2D eigenvalue weighted by atomic mass is 10.1. The van der Waals surface area contributed by atoms with E-state index in [1.165, 1.54) is 0 Å². The van der Waals surface area contributed by atoms with Gasteiger partial charge in [-0.1, -0.05) is 18.2 Å². The highest BCUT2D eigenvalue weighted by molar-refractivity contribution is 5.94. The number of ketones is 1. The predicted octanol–water partition coefficient (Wildman–Crippen LogP) is 5.47. The molecule has 0 spiro atoms. The first-order chi connectivity index (χ1) is 11.2. The molecule has 0 amide bonds.